The lowest BCUT2D eigenvalue weighted by Gasteiger charge is -2.12. The van der Waals surface area contributed by atoms with Gasteiger partial charge < -0.3 is 13.9 Å². The predicted octanol–water partition coefficient (Wildman–Crippen LogP) is 7.53. The van der Waals surface area contributed by atoms with Crippen molar-refractivity contribution >= 4 is 51.7 Å². The molecule has 0 atom stereocenters. The fourth-order valence-corrected chi connectivity index (χ4v) is 3.59. The maximum Gasteiger partial charge on any atom is 0.313 e. The van der Waals surface area contributed by atoms with E-state index in [2.05, 4.69) is 0 Å². The standard InChI is InChI=1S/C24H15Cl3O5/c1-2-21(28)32-24-22(13-3-5-14(25)6-4-13)23(29)17-9-8-16(12-20(17)31-24)30-19-10-7-15(26)11-18(19)27/h3-12H,2H2,1H3. The van der Waals surface area contributed by atoms with Crippen molar-refractivity contribution in [2.75, 3.05) is 0 Å². The van der Waals surface area contributed by atoms with Crippen LogP contribution in [0.25, 0.3) is 22.1 Å². The number of hydrogen-bond donors (Lipinski definition) is 0. The monoisotopic (exact) mass is 488 g/mol. The Bertz CT molecular complexity index is 1380. The maximum absolute atomic E-state index is 13.3. The van der Waals surface area contributed by atoms with E-state index in [4.69, 9.17) is 48.7 Å². The molecule has 0 saturated carbocycles. The largest absolute Gasteiger partial charge is 0.456 e. The van der Waals surface area contributed by atoms with Crippen molar-refractivity contribution in [2.45, 2.75) is 13.3 Å². The van der Waals surface area contributed by atoms with Crippen LogP contribution in [-0.2, 0) is 4.79 Å². The second-order valence-electron chi connectivity index (χ2n) is 6.76. The minimum absolute atomic E-state index is 0.111. The highest BCUT2D eigenvalue weighted by Crippen LogP contribution is 2.35. The van der Waals surface area contributed by atoms with E-state index in [9.17, 15) is 9.59 Å². The summed E-state index contributed by atoms with van der Waals surface area (Å²) in [5, 5.41) is 1.60. The van der Waals surface area contributed by atoms with Crippen LogP contribution in [0.5, 0.6) is 17.4 Å². The highest BCUT2D eigenvalue weighted by atomic mass is 35.5. The van der Waals surface area contributed by atoms with E-state index in [-0.39, 0.29) is 28.9 Å². The summed E-state index contributed by atoms with van der Waals surface area (Å²) >= 11 is 18.1. The van der Waals surface area contributed by atoms with Gasteiger partial charge >= 0.3 is 11.9 Å². The van der Waals surface area contributed by atoms with Crippen LogP contribution in [0, 0.1) is 0 Å². The molecule has 0 spiro atoms. The number of esters is 1. The van der Waals surface area contributed by atoms with E-state index >= 15 is 0 Å². The van der Waals surface area contributed by atoms with E-state index < -0.39 is 5.97 Å². The molecule has 0 bridgehead atoms. The van der Waals surface area contributed by atoms with Crippen molar-refractivity contribution in [3.8, 4) is 28.6 Å². The molecule has 3 aromatic carbocycles. The van der Waals surface area contributed by atoms with Crippen LogP contribution in [0.1, 0.15) is 13.3 Å². The molecule has 0 saturated heterocycles. The Balaban J connectivity index is 1.84. The Morgan fingerprint density at radius 3 is 2.34 bits per heavy atom. The summed E-state index contributed by atoms with van der Waals surface area (Å²) in [5.74, 6) is 0.0199. The topological polar surface area (TPSA) is 65.7 Å². The molecular weight excluding hydrogens is 475 g/mol. The van der Waals surface area contributed by atoms with E-state index in [1.807, 2.05) is 0 Å². The number of rotatable bonds is 5. The molecule has 4 aromatic rings. The van der Waals surface area contributed by atoms with Gasteiger partial charge in [0.2, 0.25) is 5.43 Å². The van der Waals surface area contributed by atoms with Gasteiger partial charge in [-0.3, -0.25) is 9.59 Å². The molecular formula is C24H15Cl3O5. The van der Waals surface area contributed by atoms with Crippen molar-refractivity contribution in [2.24, 2.45) is 0 Å². The van der Waals surface area contributed by atoms with E-state index in [0.717, 1.165) is 0 Å². The second kappa shape index (κ2) is 9.25. The highest BCUT2D eigenvalue weighted by Gasteiger charge is 2.20. The molecule has 4 rings (SSSR count). The Morgan fingerprint density at radius 1 is 0.938 bits per heavy atom. The van der Waals surface area contributed by atoms with E-state index in [1.54, 1.807) is 61.5 Å². The van der Waals surface area contributed by atoms with Gasteiger partial charge in [-0.05, 0) is 48.0 Å². The molecule has 0 fully saturated rings. The zero-order valence-electron chi connectivity index (χ0n) is 16.7. The SMILES string of the molecule is CCC(=O)Oc1oc2cc(Oc3ccc(Cl)cc3Cl)ccc2c(=O)c1-c1ccc(Cl)cc1. The van der Waals surface area contributed by atoms with Crippen LogP contribution in [-0.4, -0.2) is 5.97 Å². The number of fused-ring (bicyclic) bond motifs is 1. The van der Waals surface area contributed by atoms with Crippen LogP contribution in [0.4, 0.5) is 0 Å². The van der Waals surface area contributed by atoms with Gasteiger partial charge in [0.25, 0.3) is 0 Å². The lowest BCUT2D eigenvalue weighted by atomic mass is 10.0. The van der Waals surface area contributed by atoms with E-state index in [1.165, 1.54) is 6.07 Å². The van der Waals surface area contributed by atoms with Gasteiger partial charge in [-0.15, -0.1) is 0 Å². The van der Waals surface area contributed by atoms with Crippen molar-refractivity contribution in [1.29, 1.82) is 0 Å². The molecule has 0 aliphatic rings. The second-order valence-corrected chi connectivity index (χ2v) is 8.04. The summed E-state index contributed by atoms with van der Waals surface area (Å²) in [6.45, 7) is 1.64. The van der Waals surface area contributed by atoms with Crippen LogP contribution in [0.3, 0.4) is 0 Å². The number of benzene rings is 3. The molecule has 8 heteroatoms. The van der Waals surface area contributed by atoms with Gasteiger partial charge in [0, 0.05) is 22.5 Å². The molecule has 162 valence electrons. The van der Waals surface area contributed by atoms with Crippen molar-refractivity contribution in [1.82, 2.24) is 0 Å². The molecule has 1 aromatic heterocycles. The zero-order valence-corrected chi connectivity index (χ0v) is 18.9. The first-order valence-corrected chi connectivity index (χ1v) is 10.7. The summed E-state index contributed by atoms with van der Waals surface area (Å²) in [6, 6.07) is 16.1. The quantitative estimate of drug-likeness (QED) is 0.271. The van der Waals surface area contributed by atoms with Crippen LogP contribution >= 0.6 is 34.8 Å². The molecule has 0 N–H and O–H groups in total. The molecule has 0 aliphatic heterocycles. The van der Waals surface area contributed by atoms with E-state index in [0.29, 0.717) is 37.5 Å². The maximum atomic E-state index is 13.3. The van der Waals surface area contributed by atoms with Gasteiger partial charge in [-0.25, -0.2) is 0 Å². The highest BCUT2D eigenvalue weighted by molar-refractivity contribution is 6.35. The molecule has 0 amide bonds. The number of hydrogen-bond acceptors (Lipinski definition) is 5. The molecule has 0 aliphatic carbocycles. The third-order valence-corrected chi connectivity index (χ3v) is 5.36. The predicted molar refractivity (Wildman–Crippen MR) is 125 cm³/mol. The smallest absolute Gasteiger partial charge is 0.313 e. The van der Waals surface area contributed by atoms with Gasteiger partial charge in [0.05, 0.1) is 10.4 Å². The average molecular weight is 490 g/mol. The first-order chi connectivity index (χ1) is 15.4. The summed E-state index contributed by atoms with van der Waals surface area (Å²) < 4.78 is 17.0. The normalized spacial score (nSPS) is 10.9. The lowest BCUT2D eigenvalue weighted by molar-refractivity contribution is -0.135. The molecule has 1 heterocycles. The van der Waals surface area contributed by atoms with Gasteiger partial charge in [-0.2, -0.15) is 0 Å². The molecule has 0 radical (unpaired) electrons. The fourth-order valence-electron chi connectivity index (χ4n) is 3.01. The first kappa shape index (κ1) is 22.2. The summed E-state index contributed by atoms with van der Waals surface area (Å²) in [5.41, 5.74) is 0.473. The van der Waals surface area contributed by atoms with Crippen molar-refractivity contribution in [3.05, 3.63) is 86.0 Å². The molecule has 32 heavy (non-hydrogen) atoms. The molecule has 5 nitrogen and oxygen atoms in total. The van der Waals surface area contributed by atoms with Crippen LogP contribution in [0.2, 0.25) is 15.1 Å². The average Bonchev–Trinajstić information content (AvgIpc) is 2.76. The van der Waals surface area contributed by atoms with Crippen molar-refractivity contribution in [3.63, 3.8) is 0 Å². The first-order valence-electron chi connectivity index (χ1n) is 9.56. The Hall–Kier alpha value is -2.99. The minimum atomic E-state index is -0.539. The lowest BCUT2D eigenvalue weighted by Crippen LogP contribution is -2.12. The number of carbonyl (C=O) groups excluding carboxylic acids is 1. The van der Waals surface area contributed by atoms with Gasteiger partial charge in [-0.1, -0.05) is 53.9 Å². The Morgan fingerprint density at radius 2 is 1.66 bits per heavy atom. The Labute approximate surface area is 198 Å². The fraction of sp³-hybridized carbons (Fsp3) is 0.0833. The zero-order chi connectivity index (χ0) is 22.8. The van der Waals surface area contributed by atoms with Crippen LogP contribution < -0.4 is 14.9 Å². The number of halogens is 3. The Kier molecular flexibility index (Phi) is 6.42. The summed E-state index contributed by atoms with van der Waals surface area (Å²) in [4.78, 5) is 25.3. The van der Waals surface area contributed by atoms with Gasteiger partial charge in [0.15, 0.2) is 0 Å². The minimum Gasteiger partial charge on any atom is -0.456 e. The van der Waals surface area contributed by atoms with Crippen molar-refractivity contribution < 1.29 is 18.7 Å². The number of ether oxygens (including phenoxy) is 2. The summed E-state index contributed by atoms with van der Waals surface area (Å²) in [7, 11) is 0. The third kappa shape index (κ3) is 4.60. The van der Waals surface area contributed by atoms with Gasteiger partial charge in [0.1, 0.15) is 22.6 Å². The summed E-state index contributed by atoms with van der Waals surface area (Å²) in [6.07, 6.45) is 0.111. The third-order valence-electron chi connectivity index (χ3n) is 4.58. The molecule has 0 unspecified atom stereocenters. The van der Waals surface area contributed by atoms with Crippen LogP contribution in [0.15, 0.2) is 69.9 Å². The number of carbonyl (C=O) groups is 1.